The van der Waals surface area contributed by atoms with Crippen molar-refractivity contribution in [1.82, 2.24) is 15.8 Å². The summed E-state index contributed by atoms with van der Waals surface area (Å²) in [4.78, 5) is 27.7. The fraction of sp³-hybridized carbons (Fsp3) is 0.652. The van der Waals surface area contributed by atoms with Crippen LogP contribution in [0.4, 0.5) is 5.69 Å². The molecule has 2 heterocycles. The highest BCUT2D eigenvalue weighted by molar-refractivity contribution is 5.93. The van der Waals surface area contributed by atoms with Gasteiger partial charge in [0.2, 0.25) is 11.8 Å². The van der Waals surface area contributed by atoms with E-state index < -0.39 is 0 Å². The van der Waals surface area contributed by atoms with E-state index in [1.165, 1.54) is 18.4 Å². The van der Waals surface area contributed by atoms with Gasteiger partial charge in [0, 0.05) is 36.7 Å². The Kier molecular flexibility index (Phi) is 6.20. The minimum absolute atomic E-state index is 0.0269. The Labute approximate surface area is 173 Å². The molecule has 0 bridgehead atoms. The molecular formula is C23H34N4O2. The van der Waals surface area contributed by atoms with Crippen LogP contribution in [-0.4, -0.2) is 41.9 Å². The van der Waals surface area contributed by atoms with Crippen molar-refractivity contribution in [3.63, 3.8) is 0 Å². The molecule has 3 atom stereocenters. The normalized spacial score (nSPS) is 27.7. The summed E-state index contributed by atoms with van der Waals surface area (Å²) in [5.74, 6) is 1.14. The Balaban J connectivity index is 1.27. The summed E-state index contributed by atoms with van der Waals surface area (Å²) in [6, 6.07) is 8.43. The summed E-state index contributed by atoms with van der Waals surface area (Å²) >= 11 is 0. The Morgan fingerprint density at radius 2 is 1.69 bits per heavy atom. The first-order valence-electron chi connectivity index (χ1n) is 11.2. The van der Waals surface area contributed by atoms with E-state index >= 15 is 0 Å². The lowest BCUT2D eigenvalue weighted by Crippen LogP contribution is -2.51. The van der Waals surface area contributed by atoms with E-state index in [-0.39, 0.29) is 23.8 Å². The molecule has 0 radical (unpaired) electrons. The molecule has 3 N–H and O–H groups in total. The molecular weight excluding hydrogens is 364 g/mol. The fourth-order valence-corrected chi connectivity index (χ4v) is 5.04. The summed E-state index contributed by atoms with van der Waals surface area (Å²) in [6.07, 6.45) is 6.20. The number of carbonyl (C=O) groups is 2. The Morgan fingerprint density at radius 1 is 1.00 bits per heavy atom. The zero-order valence-corrected chi connectivity index (χ0v) is 17.6. The van der Waals surface area contributed by atoms with E-state index in [9.17, 15) is 9.59 Å². The third kappa shape index (κ3) is 4.48. The van der Waals surface area contributed by atoms with Crippen molar-refractivity contribution < 1.29 is 9.59 Å². The van der Waals surface area contributed by atoms with E-state index in [4.69, 9.17) is 0 Å². The lowest BCUT2D eigenvalue weighted by Gasteiger charge is -2.35. The first kappa shape index (κ1) is 20.4. The number of benzene rings is 1. The predicted octanol–water partition coefficient (Wildman–Crippen LogP) is 3.02. The molecule has 1 aliphatic carbocycles. The van der Waals surface area contributed by atoms with Gasteiger partial charge >= 0.3 is 0 Å². The van der Waals surface area contributed by atoms with Gasteiger partial charge < -0.3 is 10.2 Å². The van der Waals surface area contributed by atoms with Crippen molar-refractivity contribution in [2.24, 2.45) is 11.8 Å². The average molecular weight is 399 g/mol. The number of rotatable bonds is 4. The summed E-state index contributed by atoms with van der Waals surface area (Å²) in [5.41, 5.74) is 8.70. The third-order valence-electron chi connectivity index (χ3n) is 6.96. The van der Waals surface area contributed by atoms with Gasteiger partial charge in [-0.1, -0.05) is 38.8 Å². The summed E-state index contributed by atoms with van der Waals surface area (Å²) in [6.45, 7) is 5.65. The summed E-state index contributed by atoms with van der Waals surface area (Å²) in [5, 5.41) is 3.05. The largest absolute Gasteiger partial charge is 0.341 e. The second-order valence-electron chi connectivity index (χ2n) is 9.19. The highest BCUT2D eigenvalue weighted by Crippen LogP contribution is 2.31. The van der Waals surface area contributed by atoms with Crippen molar-refractivity contribution in [3.05, 3.63) is 29.8 Å². The lowest BCUT2D eigenvalue weighted by atomic mass is 9.81. The van der Waals surface area contributed by atoms with Crippen LogP contribution in [0.2, 0.25) is 0 Å². The van der Waals surface area contributed by atoms with E-state index in [1.807, 2.05) is 17.0 Å². The van der Waals surface area contributed by atoms with Gasteiger partial charge in [-0.05, 0) is 49.3 Å². The number of carbonyl (C=O) groups excluding carboxylic acids is 2. The molecule has 4 rings (SSSR count). The predicted molar refractivity (Wildman–Crippen MR) is 114 cm³/mol. The van der Waals surface area contributed by atoms with E-state index in [0.717, 1.165) is 31.4 Å². The second-order valence-corrected chi connectivity index (χ2v) is 9.19. The van der Waals surface area contributed by atoms with Gasteiger partial charge in [-0.25, -0.2) is 5.43 Å². The Morgan fingerprint density at radius 3 is 2.38 bits per heavy atom. The molecule has 0 spiro atoms. The van der Waals surface area contributed by atoms with Gasteiger partial charge in [-0.2, -0.15) is 0 Å². The smallest absolute Gasteiger partial charge is 0.241 e. The van der Waals surface area contributed by atoms with Gasteiger partial charge in [0.25, 0.3) is 0 Å². The van der Waals surface area contributed by atoms with Gasteiger partial charge in [0.1, 0.15) is 6.04 Å². The van der Waals surface area contributed by atoms with Crippen LogP contribution in [0, 0.1) is 11.8 Å². The van der Waals surface area contributed by atoms with Crippen LogP contribution in [-0.2, 0) is 9.59 Å². The minimum Gasteiger partial charge on any atom is -0.341 e. The molecule has 1 saturated carbocycles. The van der Waals surface area contributed by atoms with Crippen LogP contribution in [0.1, 0.15) is 63.9 Å². The van der Waals surface area contributed by atoms with Gasteiger partial charge in [-0.3, -0.25) is 15.0 Å². The second kappa shape index (κ2) is 8.84. The molecule has 29 heavy (non-hydrogen) atoms. The van der Waals surface area contributed by atoms with Gasteiger partial charge in [-0.15, -0.1) is 0 Å². The first-order chi connectivity index (χ1) is 14.0. The topological polar surface area (TPSA) is 73.5 Å². The summed E-state index contributed by atoms with van der Waals surface area (Å²) < 4.78 is 0. The Hall–Kier alpha value is -1.92. The monoisotopic (exact) mass is 398 g/mol. The maximum absolute atomic E-state index is 13.0. The van der Waals surface area contributed by atoms with Crippen LogP contribution in [0.25, 0.3) is 0 Å². The number of nitrogens with one attached hydrogen (secondary N) is 3. The number of piperidine rings is 1. The number of hydrogen-bond acceptors (Lipinski definition) is 4. The van der Waals surface area contributed by atoms with Crippen LogP contribution in [0.3, 0.4) is 0 Å². The molecule has 1 aromatic carbocycles. The van der Waals surface area contributed by atoms with Crippen LogP contribution in [0.15, 0.2) is 24.3 Å². The van der Waals surface area contributed by atoms with Crippen molar-refractivity contribution in [3.8, 4) is 0 Å². The van der Waals surface area contributed by atoms with Crippen molar-refractivity contribution >= 4 is 17.5 Å². The molecule has 2 aliphatic heterocycles. The van der Waals surface area contributed by atoms with Crippen LogP contribution in [0.5, 0.6) is 0 Å². The van der Waals surface area contributed by atoms with Crippen LogP contribution >= 0.6 is 0 Å². The molecule has 3 fully saturated rings. The van der Waals surface area contributed by atoms with E-state index in [2.05, 4.69) is 42.1 Å². The highest BCUT2D eigenvalue weighted by atomic mass is 16.2. The maximum Gasteiger partial charge on any atom is 0.241 e. The molecule has 3 aliphatic rings. The number of fused-ring (bicyclic) bond motifs is 1. The lowest BCUT2D eigenvalue weighted by molar-refractivity contribution is -0.137. The summed E-state index contributed by atoms with van der Waals surface area (Å²) in [7, 11) is 0. The molecule has 158 valence electrons. The van der Waals surface area contributed by atoms with Crippen molar-refractivity contribution in [2.45, 2.75) is 70.4 Å². The molecule has 1 aromatic rings. The minimum atomic E-state index is -0.106. The molecule has 2 saturated heterocycles. The van der Waals surface area contributed by atoms with Gasteiger partial charge in [0.15, 0.2) is 0 Å². The number of anilines is 1. The standard InChI is InChI=1S/C23H34N4O2/c1-15(2)16-7-9-18(10-8-16)24-22(28)17-11-13-27(14-12-17)23(29)21-19-5-3-4-6-20(19)25-26-21/h7-10,15,17,19-21,25-26H,3-6,11-14H2,1-2H3,(H,24,28). The molecule has 6 heteroatoms. The quantitative estimate of drug-likeness (QED) is 0.729. The number of likely N-dealkylation sites (tertiary alicyclic amines) is 1. The van der Waals surface area contributed by atoms with Crippen molar-refractivity contribution in [1.29, 1.82) is 0 Å². The SMILES string of the molecule is CC(C)c1ccc(NC(=O)C2CCN(C(=O)C3NNC4CCCCC43)CC2)cc1. The Bertz CT molecular complexity index is 725. The molecule has 2 amide bonds. The van der Waals surface area contributed by atoms with E-state index in [1.54, 1.807) is 0 Å². The van der Waals surface area contributed by atoms with Gasteiger partial charge in [0.05, 0.1) is 0 Å². The maximum atomic E-state index is 13.0. The number of amides is 2. The zero-order valence-electron chi connectivity index (χ0n) is 17.6. The number of nitrogens with zero attached hydrogens (tertiary/aromatic N) is 1. The molecule has 0 aromatic heterocycles. The fourth-order valence-electron chi connectivity index (χ4n) is 5.04. The number of hydrazine groups is 1. The molecule has 6 nitrogen and oxygen atoms in total. The zero-order chi connectivity index (χ0) is 20.4. The first-order valence-corrected chi connectivity index (χ1v) is 11.2. The molecule has 3 unspecified atom stereocenters. The highest BCUT2D eigenvalue weighted by Gasteiger charge is 2.43. The van der Waals surface area contributed by atoms with Crippen molar-refractivity contribution in [2.75, 3.05) is 18.4 Å². The third-order valence-corrected chi connectivity index (χ3v) is 6.96. The van der Waals surface area contributed by atoms with E-state index in [0.29, 0.717) is 31.0 Å². The van der Waals surface area contributed by atoms with Crippen LogP contribution < -0.4 is 16.2 Å². The number of hydrogen-bond donors (Lipinski definition) is 3. The average Bonchev–Trinajstić information content (AvgIpc) is 3.18.